The number of rotatable bonds is 5. The lowest BCUT2D eigenvalue weighted by molar-refractivity contribution is -0.131. The number of thiophene rings is 1. The molecule has 7 heteroatoms. The molecule has 2 aromatic heterocycles. The van der Waals surface area contributed by atoms with E-state index in [1.165, 1.54) is 22.2 Å². The highest BCUT2D eigenvalue weighted by Crippen LogP contribution is 2.35. The summed E-state index contributed by atoms with van der Waals surface area (Å²) in [6.45, 7) is 2.95. The minimum Gasteiger partial charge on any atom is -0.335 e. The van der Waals surface area contributed by atoms with E-state index in [1.54, 1.807) is 22.3 Å². The Labute approximate surface area is 161 Å². The molecule has 5 nitrogen and oxygen atoms in total. The summed E-state index contributed by atoms with van der Waals surface area (Å²) < 4.78 is 1.74. The topological polar surface area (TPSA) is 51.0 Å². The van der Waals surface area contributed by atoms with Crippen molar-refractivity contribution in [3.8, 4) is 5.69 Å². The third-order valence-electron chi connectivity index (χ3n) is 4.62. The molecule has 1 unspecified atom stereocenters. The van der Waals surface area contributed by atoms with E-state index in [0.29, 0.717) is 10.9 Å². The van der Waals surface area contributed by atoms with E-state index in [-0.39, 0.29) is 11.9 Å². The molecule has 134 valence electrons. The molecule has 1 aliphatic heterocycles. The maximum Gasteiger partial charge on any atom is 0.233 e. The van der Waals surface area contributed by atoms with Crippen molar-refractivity contribution in [2.75, 3.05) is 12.3 Å². The normalized spacial score (nSPS) is 16.5. The highest BCUT2D eigenvalue weighted by molar-refractivity contribution is 7.99. The molecule has 1 amide bonds. The molecule has 0 N–H and O–H groups in total. The number of hydrogen-bond donors (Lipinski definition) is 0. The monoisotopic (exact) mass is 384 g/mol. The third kappa shape index (κ3) is 3.41. The van der Waals surface area contributed by atoms with E-state index >= 15 is 0 Å². The lowest BCUT2D eigenvalue weighted by Crippen LogP contribution is -2.40. The summed E-state index contributed by atoms with van der Waals surface area (Å²) in [5.74, 6) is 0.532. The second-order valence-electron chi connectivity index (χ2n) is 6.16. The molecule has 0 aliphatic carbocycles. The van der Waals surface area contributed by atoms with Crippen LogP contribution in [0, 0.1) is 0 Å². The number of aromatic nitrogens is 3. The standard InChI is InChI=1S/C19H20N4OS2/c1-2-16-15-9-11-25-17(15)8-10-22(16)18(24)12-26-19-20-13-23(21-19)14-6-4-3-5-7-14/h3-7,9,11,13,16H,2,8,10,12H2,1H3. The second-order valence-corrected chi connectivity index (χ2v) is 8.10. The van der Waals surface area contributed by atoms with Crippen LogP contribution in [0.5, 0.6) is 0 Å². The predicted octanol–water partition coefficient (Wildman–Crippen LogP) is 3.96. The van der Waals surface area contributed by atoms with E-state index in [0.717, 1.165) is 25.1 Å². The Balaban J connectivity index is 1.41. The Morgan fingerprint density at radius 1 is 1.31 bits per heavy atom. The van der Waals surface area contributed by atoms with Gasteiger partial charge in [0.15, 0.2) is 0 Å². The van der Waals surface area contributed by atoms with Crippen LogP contribution in [0.4, 0.5) is 0 Å². The fourth-order valence-corrected chi connectivity index (χ4v) is 4.98. The molecule has 3 heterocycles. The average molecular weight is 385 g/mol. The molecule has 0 saturated heterocycles. The first kappa shape index (κ1) is 17.3. The first-order valence-corrected chi connectivity index (χ1v) is 10.6. The molecule has 4 rings (SSSR count). The van der Waals surface area contributed by atoms with Crippen LogP contribution in [0.25, 0.3) is 5.69 Å². The largest absolute Gasteiger partial charge is 0.335 e. The van der Waals surface area contributed by atoms with Gasteiger partial charge in [0.2, 0.25) is 11.1 Å². The molecule has 1 aromatic carbocycles. The summed E-state index contributed by atoms with van der Waals surface area (Å²) in [6, 6.07) is 12.2. The number of nitrogens with zero attached hydrogens (tertiary/aromatic N) is 4. The van der Waals surface area contributed by atoms with Gasteiger partial charge in [-0.15, -0.1) is 16.4 Å². The number of benzene rings is 1. The van der Waals surface area contributed by atoms with Gasteiger partial charge in [-0.3, -0.25) is 4.79 Å². The SMILES string of the molecule is CCC1c2ccsc2CCN1C(=O)CSc1ncn(-c2ccccc2)n1. The molecule has 26 heavy (non-hydrogen) atoms. The summed E-state index contributed by atoms with van der Waals surface area (Å²) in [5, 5.41) is 7.23. The number of amides is 1. The number of carbonyl (C=O) groups is 1. The number of hydrogen-bond acceptors (Lipinski definition) is 5. The molecular formula is C19H20N4OS2. The highest BCUT2D eigenvalue weighted by Gasteiger charge is 2.30. The van der Waals surface area contributed by atoms with Crippen molar-refractivity contribution in [1.29, 1.82) is 0 Å². The van der Waals surface area contributed by atoms with E-state index < -0.39 is 0 Å². The van der Waals surface area contributed by atoms with Crippen molar-refractivity contribution < 1.29 is 4.79 Å². The molecular weight excluding hydrogens is 364 g/mol. The molecule has 1 aliphatic rings. The smallest absolute Gasteiger partial charge is 0.233 e. The van der Waals surface area contributed by atoms with Crippen LogP contribution < -0.4 is 0 Å². The minimum absolute atomic E-state index is 0.162. The maximum atomic E-state index is 12.8. The summed E-state index contributed by atoms with van der Waals surface area (Å²) in [7, 11) is 0. The zero-order chi connectivity index (χ0) is 17.9. The van der Waals surface area contributed by atoms with Crippen molar-refractivity contribution in [2.45, 2.75) is 31.0 Å². The number of para-hydroxylation sites is 1. The zero-order valence-electron chi connectivity index (χ0n) is 14.5. The predicted molar refractivity (Wildman–Crippen MR) is 105 cm³/mol. The molecule has 0 saturated carbocycles. The van der Waals surface area contributed by atoms with Gasteiger partial charge >= 0.3 is 0 Å². The zero-order valence-corrected chi connectivity index (χ0v) is 16.2. The number of thioether (sulfide) groups is 1. The van der Waals surface area contributed by atoms with E-state index in [9.17, 15) is 4.79 Å². The van der Waals surface area contributed by atoms with Crippen molar-refractivity contribution in [2.24, 2.45) is 0 Å². The maximum absolute atomic E-state index is 12.8. The van der Waals surface area contributed by atoms with Gasteiger partial charge in [0.1, 0.15) is 6.33 Å². The second kappa shape index (κ2) is 7.63. The van der Waals surface area contributed by atoms with Gasteiger partial charge in [0.05, 0.1) is 17.5 Å². The highest BCUT2D eigenvalue weighted by atomic mass is 32.2. The minimum atomic E-state index is 0.162. The van der Waals surface area contributed by atoms with E-state index in [1.807, 2.05) is 35.2 Å². The Bertz CT molecular complexity index is 890. The van der Waals surface area contributed by atoms with Crippen LogP contribution in [0.15, 0.2) is 53.3 Å². The van der Waals surface area contributed by atoms with Gasteiger partial charge in [-0.25, -0.2) is 9.67 Å². The fraction of sp³-hybridized carbons (Fsp3) is 0.316. The van der Waals surface area contributed by atoms with Crippen LogP contribution in [-0.2, 0) is 11.2 Å². The van der Waals surface area contributed by atoms with Gasteiger partial charge in [-0.1, -0.05) is 36.9 Å². The van der Waals surface area contributed by atoms with E-state index in [2.05, 4.69) is 28.5 Å². The van der Waals surface area contributed by atoms with Gasteiger partial charge in [-0.2, -0.15) is 0 Å². The van der Waals surface area contributed by atoms with Gasteiger partial charge in [0, 0.05) is 11.4 Å². The van der Waals surface area contributed by atoms with Crippen molar-refractivity contribution in [3.05, 3.63) is 58.5 Å². The van der Waals surface area contributed by atoms with E-state index in [4.69, 9.17) is 0 Å². The molecule has 3 aromatic rings. The Hall–Kier alpha value is -2.12. The first-order chi connectivity index (χ1) is 12.8. The summed E-state index contributed by atoms with van der Waals surface area (Å²) in [4.78, 5) is 20.6. The van der Waals surface area contributed by atoms with Crippen LogP contribution in [-0.4, -0.2) is 37.9 Å². The molecule has 1 atom stereocenters. The Kier molecular flexibility index (Phi) is 5.08. The Morgan fingerprint density at radius 3 is 2.96 bits per heavy atom. The fourth-order valence-electron chi connectivity index (χ4n) is 3.36. The average Bonchev–Trinajstić information content (AvgIpc) is 3.35. The number of fused-ring (bicyclic) bond motifs is 1. The van der Waals surface area contributed by atoms with Crippen molar-refractivity contribution in [3.63, 3.8) is 0 Å². The summed E-state index contributed by atoms with van der Waals surface area (Å²) in [6.07, 6.45) is 3.59. The van der Waals surface area contributed by atoms with Crippen LogP contribution in [0.2, 0.25) is 0 Å². The molecule has 0 spiro atoms. The lowest BCUT2D eigenvalue weighted by atomic mass is 9.98. The lowest BCUT2D eigenvalue weighted by Gasteiger charge is -2.35. The summed E-state index contributed by atoms with van der Waals surface area (Å²) >= 11 is 3.21. The van der Waals surface area contributed by atoms with Crippen molar-refractivity contribution >= 4 is 29.0 Å². The van der Waals surface area contributed by atoms with Crippen LogP contribution >= 0.6 is 23.1 Å². The number of carbonyl (C=O) groups excluding carboxylic acids is 1. The van der Waals surface area contributed by atoms with Gasteiger partial charge < -0.3 is 4.90 Å². The van der Waals surface area contributed by atoms with Crippen molar-refractivity contribution in [1.82, 2.24) is 19.7 Å². The van der Waals surface area contributed by atoms with Gasteiger partial charge in [-0.05, 0) is 42.0 Å². The molecule has 0 radical (unpaired) electrons. The molecule has 0 bridgehead atoms. The van der Waals surface area contributed by atoms with Gasteiger partial charge in [0.25, 0.3) is 0 Å². The van der Waals surface area contributed by atoms with Crippen LogP contribution in [0.3, 0.4) is 0 Å². The summed E-state index contributed by atoms with van der Waals surface area (Å²) in [5.41, 5.74) is 2.29. The quantitative estimate of drug-likeness (QED) is 0.625. The third-order valence-corrected chi connectivity index (χ3v) is 6.45. The Morgan fingerprint density at radius 2 is 2.15 bits per heavy atom. The molecule has 0 fully saturated rings. The first-order valence-electron chi connectivity index (χ1n) is 8.72. The van der Waals surface area contributed by atoms with Crippen LogP contribution in [0.1, 0.15) is 29.8 Å².